The summed E-state index contributed by atoms with van der Waals surface area (Å²) in [5.41, 5.74) is 1.21. The van der Waals surface area contributed by atoms with Crippen LogP contribution in [0.2, 0.25) is 0 Å². The van der Waals surface area contributed by atoms with Crippen molar-refractivity contribution in [3.63, 3.8) is 0 Å². The SMILES string of the molecule is CCN(C=N)CCCNCc1cccnc1. The van der Waals surface area contributed by atoms with Gasteiger partial charge in [-0.25, -0.2) is 0 Å². The second-order valence-corrected chi connectivity index (χ2v) is 3.65. The molecule has 16 heavy (non-hydrogen) atoms. The van der Waals surface area contributed by atoms with Gasteiger partial charge in [-0.1, -0.05) is 6.07 Å². The van der Waals surface area contributed by atoms with Gasteiger partial charge < -0.3 is 10.2 Å². The van der Waals surface area contributed by atoms with Gasteiger partial charge in [0.05, 0.1) is 6.34 Å². The van der Waals surface area contributed by atoms with Gasteiger partial charge in [0.1, 0.15) is 0 Å². The fraction of sp³-hybridized carbons (Fsp3) is 0.500. The molecule has 0 radical (unpaired) electrons. The lowest BCUT2D eigenvalue weighted by Gasteiger charge is -2.16. The van der Waals surface area contributed by atoms with Crippen molar-refractivity contribution >= 4 is 6.34 Å². The van der Waals surface area contributed by atoms with Crippen LogP contribution in [0, 0.1) is 5.41 Å². The fourth-order valence-corrected chi connectivity index (χ4v) is 1.46. The third-order valence-corrected chi connectivity index (χ3v) is 2.44. The van der Waals surface area contributed by atoms with E-state index in [9.17, 15) is 0 Å². The summed E-state index contributed by atoms with van der Waals surface area (Å²) in [7, 11) is 0. The Bertz CT molecular complexity index is 286. The molecule has 0 fully saturated rings. The lowest BCUT2D eigenvalue weighted by molar-refractivity contribution is 0.432. The zero-order valence-corrected chi connectivity index (χ0v) is 9.82. The minimum absolute atomic E-state index is 0.866. The molecule has 0 atom stereocenters. The second-order valence-electron chi connectivity index (χ2n) is 3.65. The van der Waals surface area contributed by atoms with E-state index < -0.39 is 0 Å². The highest BCUT2D eigenvalue weighted by Gasteiger charge is 1.95. The molecule has 0 saturated heterocycles. The summed E-state index contributed by atoms with van der Waals surface area (Å²) in [6.07, 6.45) is 6.13. The molecule has 1 aromatic heterocycles. The van der Waals surface area contributed by atoms with Crippen molar-refractivity contribution in [2.45, 2.75) is 19.9 Å². The lowest BCUT2D eigenvalue weighted by Crippen LogP contribution is -2.25. The summed E-state index contributed by atoms with van der Waals surface area (Å²) >= 11 is 0. The molecular formula is C12H20N4. The third-order valence-electron chi connectivity index (χ3n) is 2.44. The molecule has 0 saturated carbocycles. The fourth-order valence-electron chi connectivity index (χ4n) is 1.46. The molecule has 1 heterocycles. The van der Waals surface area contributed by atoms with Gasteiger partial charge in [0, 0.05) is 32.0 Å². The topological polar surface area (TPSA) is 52.0 Å². The molecule has 0 aliphatic carbocycles. The van der Waals surface area contributed by atoms with Crippen LogP contribution in [-0.2, 0) is 6.54 Å². The minimum Gasteiger partial charge on any atom is -0.363 e. The molecule has 1 rings (SSSR count). The van der Waals surface area contributed by atoms with Gasteiger partial charge in [-0.15, -0.1) is 0 Å². The second kappa shape index (κ2) is 7.82. The quantitative estimate of drug-likeness (QED) is 0.396. The Morgan fingerprint density at radius 3 is 3.06 bits per heavy atom. The Morgan fingerprint density at radius 1 is 1.56 bits per heavy atom. The smallest absolute Gasteiger partial charge is 0.0817 e. The molecule has 2 N–H and O–H groups in total. The first-order valence-corrected chi connectivity index (χ1v) is 5.71. The van der Waals surface area contributed by atoms with Gasteiger partial charge in [-0.2, -0.15) is 0 Å². The van der Waals surface area contributed by atoms with E-state index in [2.05, 4.69) is 23.3 Å². The van der Waals surface area contributed by atoms with E-state index in [0.717, 1.165) is 32.6 Å². The van der Waals surface area contributed by atoms with Crippen molar-refractivity contribution in [1.29, 1.82) is 5.41 Å². The highest BCUT2D eigenvalue weighted by molar-refractivity contribution is 5.50. The minimum atomic E-state index is 0.866. The van der Waals surface area contributed by atoms with Crippen LogP contribution in [0.3, 0.4) is 0 Å². The maximum atomic E-state index is 7.15. The van der Waals surface area contributed by atoms with Crippen molar-refractivity contribution < 1.29 is 0 Å². The van der Waals surface area contributed by atoms with Crippen LogP contribution >= 0.6 is 0 Å². The van der Waals surface area contributed by atoms with E-state index in [1.807, 2.05) is 17.2 Å². The molecule has 0 unspecified atom stereocenters. The summed E-state index contributed by atoms with van der Waals surface area (Å²) in [5, 5.41) is 10.5. The van der Waals surface area contributed by atoms with E-state index >= 15 is 0 Å². The average molecular weight is 220 g/mol. The van der Waals surface area contributed by atoms with Crippen LogP contribution < -0.4 is 5.32 Å². The number of hydrogen-bond donors (Lipinski definition) is 2. The van der Waals surface area contributed by atoms with Crippen molar-refractivity contribution in [1.82, 2.24) is 15.2 Å². The Kier molecular flexibility index (Phi) is 6.18. The summed E-state index contributed by atoms with van der Waals surface area (Å²) in [6.45, 7) is 5.75. The van der Waals surface area contributed by atoms with Crippen LogP contribution in [0.4, 0.5) is 0 Å². The number of nitrogens with zero attached hydrogens (tertiary/aromatic N) is 2. The molecule has 4 heteroatoms. The number of nitrogens with one attached hydrogen (secondary N) is 2. The molecule has 0 bridgehead atoms. The van der Waals surface area contributed by atoms with Crippen LogP contribution in [-0.4, -0.2) is 35.9 Å². The van der Waals surface area contributed by atoms with E-state index in [0.29, 0.717) is 0 Å². The summed E-state index contributed by atoms with van der Waals surface area (Å²) in [5.74, 6) is 0. The van der Waals surface area contributed by atoms with E-state index in [1.54, 1.807) is 6.20 Å². The average Bonchev–Trinajstić information content (AvgIpc) is 2.35. The van der Waals surface area contributed by atoms with Crippen LogP contribution in [0.15, 0.2) is 24.5 Å². The van der Waals surface area contributed by atoms with Crippen LogP contribution in [0.1, 0.15) is 18.9 Å². The van der Waals surface area contributed by atoms with Gasteiger partial charge in [-0.05, 0) is 31.5 Å². The van der Waals surface area contributed by atoms with E-state index in [-0.39, 0.29) is 0 Å². The predicted molar refractivity (Wildman–Crippen MR) is 66.6 cm³/mol. The highest BCUT2D eigenvalue weighted by atomic mass is 15.1. The summed E-state index contributed by atoms with van der Waals surface area (Å²) in [4.78, 5) is 6.05. The Balaban J connectivity index is 2.06. The van der Waals surface area contributed by atoms with Crippen molar-refractivity contribution in [2.75, 3.05) is 19.6 Å². The maximum absolute atomic E-state index is 7.15. The number of rotatable bonds is 8. The number of aromatic nitrogens is 1. The summed E-state index contributed by atoms with van der Waals surface area (Å²) < 4.78 is 0. The van der Waals surface area contributed by atoms with Crippen LogP contribution in [0.25, 0.3) is 0 Å². The molecule has 4 nitrogen and oxygen atoms in total. The molecule has 0 aromatic carbocycles. The normalized spacial score (nSPS) is 10.1. The Hall–Kier alpha value is -1.42. The third kappa shape index (κ3) is 4.89. The van der Waals surface area contributed by atoms with Gasteiger partial charge >= 0.3 is 0 Å². The standard InChI is InChI=1S/C12H20N4/c1-2-16(11-13)8-4-7-15-10-12-5-3-6-14-9-12/h3,5-6,9,11,13,15H,2,4,7-8,10H2,1H3. The molecule has 0 amide bonds. The zero-order valence-electron chi connectivity index (χ0n) is 9.82. The van der Waals surface area contributed by atoms with Gasteiger partial charge in [0.25, 0.3) is 0 Å². The van der Waals surface area contributed by atoms with Crippen molar-refractivity contribution in [3.05, 3.63) is 30.1 Å². The van der Waals surface area contributed by atoms with Crippen molar-refractivity contribution in [3.8, 4) is 0 Å². The first-order chi connectivity index (χ1) is 7.86. The first kappa shape index (κ1) is 12.6. The number of hydrogen-bond acceptors (Lipinski definition) is 3. The van der Waals surface area contributed by atoms with Gasteiger partial charge in [0.15, 0.2) is 0 Å². The lowest BCUT2D eigenvalue weighted by atomic mass is 10.3. The maximum Gasteiger partial charge on any atom is 0.0817 e. The van der Waals surface area contributed by atoms with E-state index in [4.69, 9.17) is 5.41 Å². The monoisotopic (exact) mass is 220 g/mol. The largest absolute Gasteiger partial charge is 0.363 e. The van der Waals surface area contributed by atoms with Crippen molar-refractivity contribution in [2.24, 2.45) is 0 Å². The zero-order chi connectivity index (χ0) is 11.6. The Labute approximate surface area is 97.2 Å². The molecule has 88 valence electrons. The molecule has 0 aliphatic rings. The molecule has 1 aromatic rings. The number of pyridine rings is 1. The van der Waals surface area contributed by atoms with E-state index in [1.165, 1.54) is 11.9 Å². The molecule has 0 spiro atoms. The van der Waals surface area contributed by atoms with Gasteiger partial charge in [-0.3, -0.25) is 10.4 Å². The summed E-state index contributed by atoms with van der Waals surface area (Å²) in [6, 6.07) is 4.01. The molecule has 0 aliphatic heterocycles. The molecular weight excluding hydrogens is 200 g/mol. The van der Waals surface area contributed by atoms with Crippen LogP contribution in [0.5, 0.6) is 0 Å². The van der Waals surface area contributed by atoms with Gasteiger partial charge in [0.2, 0.25) is 0 Å². The first-order valence-electron chi connectivity index (χ1n) is 5.71. The predicted octanol–water partition coefficient (Wildman–Crippen LogP) is 1.49. The highest BCUT2D eigenvalue weighted by Crippen LogP contribution is 1.94. The Morgan fingerprint density at radius 2 is 2.44 bits per heavy atom.